The van der Waals surface area contributed by atoms with Crippen molar-refractivity contribution in [2.45, 2.75) is 64.8 Å². The highest BCUT2D eigenvalue weighted by molar-refractivity contribution is 6.24. The quantitative estimate of drug-likeness (QED) is 0.285. The molecule has 5 atom stereocenters. The molecule has 6 N–H and O–H groups in total. The summed E-state index contributed by atoms with van der Waals surface area (Å²) in [6.07, 6.45) is 0.296. The number of carbonyl (C=O) groups is 3. The number of aromatic hydroxyl groups is 1. The summed E-state index contributed by atoms with van der Waals surface area (Å²) >= 11 is 0. The average molecular weight is 585 g/mol. The van der Waals surface area contributed by atoms with E-state index in [-0.39, 0.29) is 35.8 Å². The average Bonchev–Trinajstić information content (AvgIpc) is 2.88. The Morgan fingerprint density at radius 2 is 1.74 bits per heavy atom. The monoisotopic (exact) mass is 584 g/mol. The highest BCUT2D eigenvalue weighted by Crippen LogP contribution is 2.54. The summed E-state index contributed by atoms with van der Waals surface area (Å²) in [4.78, 5) is 45.3. The Bertz CT molecular complexity index is 1400. The molecule has 1 saturated carbocycles. The van der Waals surface area contributed by atoms with Gasteiger partial charge in [-0.2, -0.15) is 0 Å². The minimum absolute atomic E-state index is 0.0507. The van der Waals surface area contributed by atoms with Gasteiger partial charge in [-0.3, -0.25) is 24.2 Å². The second-order valence-corrected chi connectivity index (χ2v) is 12.7. The highest BCUT2D eigenvalue weighted by Gasteiger charge is 2.64. The van der Waals surface area contributed by atoms with Crippen molar-refractivity contribution in [3.63, 3.8) is 0 Å². The molecular weight excluding hydrogens is 540 g/mol. The number of benzene rings is 1. The summed E-state index contributed by atoms with van der Waals surface area (Å²) in [5, 5.41) is 45.7. The van der Waals surface area contributed by atoms with Crippen molar-refractivity contribution in [2.24, 2.45) is 23.5 Å². The van der Waals surface area contributed by atoms with Gasteiger partial charge in [-0.25, -0.2) is 0 Å². The van der Waals surface area contributed by atoms with Gasteiger partial charge in [0.2, 0.25) is 5.78 Å². The maximum atomic E-state index is 14.1. The topological polar surface area (TPSA) is 168 Å². The molecule has 42 heavy (non-hydrogen) atoms. The van der Waals surface area contributed by atoms with Crippen LogP contribution in [0.25, 0.3) is 5.76 Å². The van der Waals surface area contributed by atoms with Gasteiger partial charge < -0.3 is 31.1 Å². The van der Waals surface area contributed by atoms with Crippen LogP contribution in [0.1, 0.15) is 50.8 Å². The molecule has 0 aromatic heterocycles. The molecule has 1 amide bonds. The van der Waals surface area contributed by atoms with Crippen LogP contribution in [0.4, 0.5) is 5.69 Å². The lowest BCUT2D eigenvalue weighted by molar-refractivity contribution is -0.153. The van der Waals surface area contributed by atoms with Crippen LogP contribution in [0.5, 0.6) is 5.75 Å². The van der Waals surface area contributed by atoms with Crippen LogP contribution in [0, 0.1) is 17.8 Å². The van der Waals surface area contributed by atoms with Gasteiger partial charge in [0.05, 0.1) is 11.6 Å². The number of aliphatic hydroxyl groups is 3. The molecule has 0 spiro atoms. The van der Waals surface area contributed by atoms with Crippen LogP contribution >= 0.6 is 0 Å². The molecule has 11 nitrogen and oxygen atoms in total. The van der Waals surface area contributed by atoms with E-state index in [1.165, 1.54) is 4.90 Å². The zero-order valence-corrected chi connectivity index (χ0v) is 25.7. The largest absolute Gasteiger partial charge is 0.508 e. The molecule has 4 rings (SSSR count). The zero-order chi connectivity index (χ0) is 31.6. The van der Waals surface area contributed by atoms with Crippen LogP contribution in [-0.4, -0.2) is 100 Å². The molecule has 0 heterocycles. The van der Waals surface area contributed by atoms with E-state index in [0.29, 0.717) is 18.0 Å². The van der Waals surface area contributed by atoms with Crippen molar-refractivity contribution in [1.29, 1.82) is 0 Å². The number of nitrogens with zero attached hydrogens (tertiary/aromatic N) is 3. The van der Waals surface area contributed by atoms with Crippen molar-refractivity contribution < 1.29 is 34.8 Å². The maximum absolute atomic E-state index is 14.1. The van der Waals surface area contributed by atoms with Crippen LogP contribution in [0.2, 0.25) is 0 Å². The van der Waals surface area contributed by atoms with Gasteiger partial charge in [-0.1, -0.05) is 20.8 Å². The van der Waals surface area contributed by atoms with E-state index in [4.69, 9.17) is 5.73 Å². The first kappa shape index (κ1) is 31.5. The predicted molar refractivity (Wildman–Crippen MR) is 159 cm³/mol. The Hall–Kier alpha value is -3.41. The van der Waals surface area contributed by atoms with E-state index in [9.17, 15) is 34.8 Å². The van der Waals surface area contributed by atoms with E-state index in [0.717, 1.165) is 17.8 Å². The van der Waals surface area contributed by atoms with Crippen molar-refractivity contribution >= 4 is 28.9 Å². The maximum Gasteiger partial charge on any atom is 0.255 e. The van der Waals surface area contributed by atoms with E-state index in [2.05, 4.69) is 32.6 Å². The molecule has 11 heteroatoms. The minimum Gasteiger partial charge on any atom is -0.508 e. The highest BCUT2D eigenvalue weighted by atomic mass is 16.3. The second kappa shape index (κ2) is 11.0. The molecule has 0 aliphatic heterocycles. The van der Waals surface area contributed by atoms with Gasteiger partial charge in [0.25, 0.3) is 5.91 Å². The fourth-order valence-electron chi connectivity index (χ4n) is 7.23. The molecule has 1 fully saturated rings. The number of likely N-dealkylation sites (N-methyl/N-ethyl adjacent to an activating group) is 1. The third-order valence-electron chi connectivity index (χ3n) is 9.54. The van der Waals surface area contributed by atoms with Crippen molar-refractivity contribution in [1.82, 2.24) is 9.80 Å². The Morgan fingerprint density at radius 3 is 2.24 bits per heavy atom. The van der Waals surface area contributed by atoms with Gasteiger partial charge in [0.15, 0.2) is 11.4 Å². The number of carbonyl (C=O) groups excluding carboxylic acids is 3. The van der Waals surface area contributed by atoms with Crippen LogP contribution in [-0.2, 0) is 27.3 Å². The van der Waals surface area contributed by atoms with E-state index >= 15 is 0 Å². The molecule has 0 saturated heterocycles. The summed E-state index contributed by atoms with van der Waals surface area (Å²) in [7, 11) is 6.93. The summed E-state index contributed by atoms with van der Waals surface area (Å²) < 4.78 is 0. The Kier molecular flexibility index (Phi) is 8.27. The lowest BCUT2D eigenvalue weighted by Gasteiger charge is -2.50. The molecule has 0 bridgehead atoms. The molecule has 3 aliphatic carbocycles. The summed E-state index contributed by atoms with van der Waals surface area (Å²) in [5.74, 6) is -6.15. The van der Waals surface area contributed by atoms with Gasteiger partial charge >= 0.3 is 0 Å². The van der Waals surface area contributed by atoms with Crippen LogP contribution in [0.15, 0.2) is 23.0 Å². The lowest BCUT2D eigenvalue weighted by atomic mass is 9.57. The first-order valence-corrected chi connectivity index (χ1v) is 14.4. The van der Waals surface area contributed by atoms with Gasteiger partial charge in [-0.15, -0.1) is 0 Å². The number of anilines is 1. The number of Topliss-reactive ketones (excluding diaryl/α,β-unsaturated/α-hetero) is 2. The number of nitrogens with two attached hydrogens (primary N) is 1. The number of aliphatic hydroxyl groups excluding tert-OH is 2. The fourth-order valence-corrected chi connectivity index (χ4v) is 7.23. The SMILES string of the molecule is CCN(Cc1cc(O)c2c(c1N(C)C)C[C@H]1C[C@H]3[C@H](N(C)C)C(=O)C(C(N)=O)=C(O)[C@@]3(O)C(=O)C1=C2O)[C@@H](C)C(C)C. The third-order valence-corrected chi connectivity index (χ3v) is 9.54. The Morgan fingerprint density at radius 1 is 1.12 bits per heavy atom. The van der Waals surface area contributed by atoms with Crippen molar-refractivity contribution in [2.75, 3.05) is 39.6 Å². The van der Waals surface area contributed by atoms with Gasteiger partial charge in [-0.05, 0) is 69.4 Å². The third kappa shape index (κ3) is 4.58. The number of phenolic OH excluding ortho intramolecular Hbond substituents is 1. The smallest absolute Gasteiger partial charge is 0.255 e. The van der Waals surface area contributed by atoms with Crippen molar-refractivity contribution in [3.8, 4) is 5.75 Å². The number of amides is 1. The number of hydrogen-bond donors (Lipinski definition) is 5. The predicted octanol–water partition coefficient (Wildman–Crippen LogP) is 1.90. The van der Waals surface area contributed by atoms with Crippen molar-refractivity contribution in [3.05, 3.63) is 39.7 Å². The van der Waals surface area contributed by atoms with Crippen LogP contribution in [0.3, 0.4) is 0 Å². The fraction of sp³-hybridized carbons (Fsp3) is 0.581. The number of hydrogen-bond acceptors (Lipinski definition) is 10. The first-order valence-electron chi connectivity index (χ1n) is 14.4. The summed E-state index contributed by atoms with van der Waals surface area (Å²) in [6, 6.07) is 0.760. The summed E-state index contributed by atoms with van der Waals surface area (Å²) in [6.45, 7) is 9.92. The zero-order valence-electron chi connectivity index (χ0n) is 25.7. The molecule has 0 unspecified atom stereocenters. The number of rotatable bonds is 8. The van der Waals surface area contributed by atoms with Gasteiger partial charge in [0, 0.05) is 43.9 Å². The summed E-state index contributed by atoms with van der Waals surface area (Å²) in [5.41, 5.74) is 4.21. The minimum atomic E-state index is -2.65. The first-order chi connectivity index (χ1) is 19.5. The Balaban J connectivity index is 1.93. The molecule has 1 aromatic rings. The Labute approximate surface area is 246 Å². The van der Waals surface area contributed by atoms with E-state index < -0.39 is 58.0 Å². The second-order valence-electron chi connectivity index (χ2n) is 12.7. The van der Waals surface area contributed by atoms with Crippen LogP contribution < -0.4 is 10.6 Å². The standard InChI is InChI=1S/C31H44N4O7/c1-9-35(15(4)14(2)3)13-17-12-20(36)22-18(24(17)33(5)6)10-16-11-19-25(34(7)8)27(38)23(30(32)41)29(40)31(19,42)28(39)21(16)26(22)37/h12,14-16,19,25,36-37,40,42H,9-11,13H2,1-8H3,(H2,32,41)/t15-,16-,19-,25-,31-/m0/s1. The molecular formula is C31H44N4O7. The number of fused-ring (bicyclic) bond motifs is 3. The van der Waals surface area contributed by atoms with E-state index in [1.54, 1.807) is 20.2 Å². The lowest BCUT2D eigenvalue weighted by Crippen LogP contribution is -2.65. The van der Waals surface area contributed by atoms with E-state index in [1.807, 2.05) is 19.0 Å². The number of primary amides is 1. The molecule has 230 valence electrons. The molecule has 0 radical (unpaired) electrons. The number of ketones is 2. The number of phenols is 1. The normalized spacial score (nSPS) is 26.5. The molecule has 3 aliphatic rings. The van der Waals surface area contributed by atoms with Gasteiger partial charge in [0.1, 0.15) is 22.8 Å². The molecule has 1 aromatic carbocycles.